The smallest absolute Gasteiger partial charge is 0.387 e. The summed E-state index contributed by atoms with van der Waals surface area (Å²) in [6.45, 7) is 0.830. The highest BCUT2D eigenvalue weighted by Crippen LogP contribution is 2.15. The van der Waals surface area contributed by atoms with Crippen LogP contribution in [0.2, 0.25) is 0 Å². The third kappa shape index (κ3) is 7.83. The quantitative estimate of drug-likeness (QED) is 0.449. The second-order valence-corrected chi connectivity index (χ2v) is 7.03. The van der Waals surface area contributed by atoms with E-state index in [2.05, 4.69) is 25.2 Å². The number of nitrogens with one attached hydrogen (secondary N) is 1. The van der Waals surface area contributed by atoms with Crippen molar-refractivity contribution in [2.24, 2.45) is 4.99 Å². The molecule has 1 heterocycles. The summed E-state index contributed by atoms with van der Waals surface area (Å²) in [5.41, 5.74) is 0.879. The maximum Gasteiger partial charge on any atom is 0.387 e. The Morgan fingerprint density at radius 3 is 2.58 bits per heavy atom. The fourth-order valence-electron chi connectivity index (χ4n) is 2.75. The van der Waals surface area contributed by atoms with Crippen LogP contribution in [0.15, 0.2) is 35.6 Å². The standard InChI is InChI=1S/C20H29F2N7O2/c1-5-17-26-25-14-29(17)11-10-23-20(24-12-18(30)27(2)3)28(4)13-15-6-8-16(9-7-15)31-19(21)22/h6-9,14,19H,5,10-13H2,1-4H3,(H,23,24). The van der Waals surface area contributed by atoms with E-state index < -0.39 is 6.61 Å². The third-order valence-electron chi connectivity index (χ3n) is 4.44. The zero-order chi connectivity index (χ0) is 22.8. The van der Waals surface area contributed by atoms with Crippen molar-refractivity contribution in [2.45, 2.75) is 33.0 Å². The van der Waals surface area contributed by atoms with Crippen molar-refractivity contribution in [3.63, 3.8) is 0 Å². The number of benzene rings is 1. The van der Waals surface area contributed by atoms with Crippen LogP contribution in [-0.4, -0.2) is 77.3 Å². The first kappa shape index (κ1) is 24.0. The average Bonchev–Trinajstić information content (AvgIpc) is 3.18. The minimum absolute atomic E-state index is 0.00762. The molecule has 1 amide bonds. The summed E-state index contributed by atoms with van der Waals surface area (Å²) < 4.78 is 31.0. The molecule has 2 aromatic rings. The number of hydrogen-bond acceptors (Lipinski definition) is 5. The van der Waals surface area contributed by atoms with Gasteiger partial charge >= 0.3 is 6.61 Å². The van der Waals surface area contributed by atoms with Gasteiger partial charge in [0.2, 0.25) is 5.91 Å². The molecule has 0 fully saturated rings. The van der Waals surface area contributed by atoms with Gasteiger partial charge < -0.3 is 24.4 Å². The van der Waals surface area contributed by atoms with Gasteiger partial charge in [-0.2, -0.15) is 8.78 Å². The second-order valence-electron chi connectivity index (χ2n) is 7.03. The summed E-state index contributed by atoms with van der Waals surface area (Å²) in [4.78, 5) is 19.7. The molecule has 0 aliphatic rings. The molecule has 0 aliphatic heterocycles. The van der Waals surface area contributed by atoms with Gasteiger partial charge in [-0.3, -0.25) is 4.79 Å². The zero-order valence-corrected chi connectivity index (χ0v) is 18.3. The number of nitrogens with zero attached hydrogens (tertiary/aromatic N) is 6. The fraction of sp³-hybridized carbons (Fsp3) is 0.500. The molecule has 1 aromatic heterocycles. The molecule has 1 N–H and O–H groups in total. The Hall–Kier alpha value is -3.24. The molecule has 0 unspecified atom stereocenters. The Morgan fingerprint density at radius 1 is 1.26 bits per heavy atom. The van der Waals surface area contributed by atoms with Crippen molar-refractivity contribution in [1.82, 2.24) is 29.9 Å². The lowest BCUT2D eigenvalue weighted by Gasteiger charge is -2.23. The van der Waals surface area contributed by atoms with Crippen molar-refractivity contribution >= 4 is 11.9 Å². The lowest BCUT2D eigenvalue weighted by atomic mass is 10.2. The molecule has 0 saturated carbocycles. The molecule has 0 radical (unpaired) electrons. The van der Waals surface area contributed by atoms with E-state index in [0.717, 1.165) is 17.8 Å². The van der Waals surface area contributed by atoms with Crippen LogP contribution in [0.3, 0.4) is 0 Å². The lowest BCUT2D eigenvalue weighted by Crippen LogP contribution is -2.41. The Bertz CT molecular complexity index is 853. The van der Waals surface area contributed by atoms with Gasteiger partial charge in [-0.25, -0.2) is 4.99 Å². The van der Waals surface area contributed by atoms with Crippen molar-refractivity contribution in [1.29, 1.82) is 0 Å². The van der Waals surface area contributed by atoms with Gasteiger partial charge in [0.05, 0.1) is 0 Å². The van der Waals surface area contributed by atoms with Crippen LogP contribution in [0.5, 0.6) is 5.75 Å². The van der Waals surface area contributed by atoms with Gasteiger partial charge in [0.15, 0.2) is 5.96 Å². The van der Waals surface area contributed by atoms with E-state index in [-0.39, 0.29) is 18.2 Å². The van der Waals surface area contributed by atoms with E-state index in [0.29, 0.717) is 25.6 Å². The summed E-state index contributed by atoms with van der Waals surface area (Å²) in [6, 6.07) is 6.41. The van der Waals surface area contributed by atoms with Gasteiger partial charge in [0, 0.05) is 47.2 Å². The van der Waals surface area contributed by atoms with E-state index in [9.17, 15) is 13.6 Å². The highest BCUT2D eigenvalue weighted by molar-refractivity contribution is 5.84. The number of rotatable bonds is 10. The molecule has 1 aromatic carbocycles. The van der Waals surface area contributed by atoms with Crippen molar-refractivity contribution in [2.75, 3.05) is 34.2 Å². The number of aryl methyl sites for hydroxylation is 1. The van der Waals surface area contributed by atoms with E-state index in [1.165, 1.54) is 17.0 Å². The number of carbonyl (C=O) groups is 1. The molecule has 2 rings (SSSR count). The molecular weight excluding hydrogens is 408 g/mol. The summed E-state index contributed by atoms with van der Waals surface area (Å²) in [5.74, 6) is 1.43. The van der Waals surface area contributed by atoms with Crippen LogP contribution in [0.25, 0.3) is 0 Å². The number of halogens is 2. The molecule has 0 saturated heterocycles. The number of aromatic nitrogens is 3. The third-order valence-corrected chi connectivity index (χ3v) is 4.44. The molecule has 31 heavy (non-hydrogen) atoms. The number of carbonyl (C=O) groups excluding carboxylic acids is 1. The highest BCUT2D eigenvalue weighted by atomic mass is 19.3. The molecule has 170 valence electrons. The molecule has 0 bridgehead atoms. The fourth-order valence-corrected chi connectivity index (χ4v) is 2.75. The maximum atomic E-state index is 12.3. The van der Waals surface area contributed by atoms with Gasteiger partial charge in [-0.1, -0.05) is 19.1 Å². The average molecular weight is 437 g/mol. The first-order valence-corrected chi connectivity index (χ1v) is 9.90. The molecule has 0 spiro atoms. The van der Waals surface area contributed by atoms with Crippen molar-refractivity contribution in [3.05, 3.63) is 42.0 Å². The molecule has 9 nitrogen and oxygen atoms in total. The van der Waals surface area contributed by atoms with Crippen LogP contribution >= 0.6 is 0 Å². The van der Waals surface area contributed by atoms with Gasteiger partial charge in [0.25, 0.3) is 0 Å². The number of alkyl halides is 2. The van der Waals surface area contributed by atoms with Crippen LogP contribution in [0.4, 0.5) is 8.78 Å². The van der Waals surface area contributed by atoms with Crippen LogP contribution < -0.4 is 10.1 Å². The van der Waals surface area contributed by atoms with Gasteiger partial charge in [-0.15, -0.1) is 10.2 Å². The Kier molecular flexibility index (Phi) is 9.16. The Labute approximate surface area is 180 Å². The van der Waals surface area contributed by atoms with Crippen molar-refractivity contribution < 1.29 is 18.3 Å². The Morgan fingerprint density at radius 2 is 1.97 bits per heavy atom. The number of amides is 1. The van der Waals surface area contributed by atoms with Crippen LogP contribution in [-0.2, 0) is 24.3 Å². The SMILES string of the molecule is CCc1nncn1CCNC(=NCC(=O)N(C)C)N(C)Cc1ccc(OC(F)F)cc1. The lowest BCUT2D eigenvalue weighted by molar-refractivity contribution is -0.127. The number of likely N-dealkylation sites (N-methyl/N-ethyl adjacent to an activating group) is 1. The second kappa shape index (κ2) is 11.8. The van der Waals surface area contributed by atoms with E-state index in [4.69, 9.17) is 0 Å². The van der Waals surface area contributed by atoms with E-state index >= 15 is 0 Å². The summed E-state index contributed by atoms with van der Waals surface area (Å²) in [6.07, 6.45) is 2.46. The first-order chi connectivity index (χ1) is 14.8. The minimum atomic E-state index is -2.86. The molecule has 0 aliphatic carbocycles. The molecule has 0 atom stereocenters. The predicted octanol–water partition coefficient (Wildman–Crippen LogP) is 1.61. The van der Waals surface area contributed by atoms with E-state index in [1.54, 1.807) is 32.6 Å². The summed E-state index contributed by atoms with van der Waals surface area (Å²) >= 11 is 0. The normalized spacial score (nSPS) is 11.5. The minimum Gasteiger partial charge on any atom is -0.435 e. The number of ether oxygens (including phenoxy) is 1. The van der Waals surface area contributed by atoms with Gasteiger partial charge in [0.1, 0.15) is 24.4 Å². The van der Waals surface area contributed by atoms with Gasteiger partial charge in [-0.05, 0) is 17.7 Å². The first-order valence-electron chi connectivity index (χ1n) is 9.90. The summed E-state index contributed by atoms with van der Waals surface area (Å²) in [7, 11) is 5.19. The number of hydrogen-bond donors (Lipinski definition) is 1. The largest absolute Gasteiger partial charge is 0.435 e. The molecule has 11 heteroatoms. The molecular formula is C20H29F2N7O2. The predicted molar refractivity (Wildman–Crippen MR) is 113 cm³/mol. The van der Waals surface area contributed by atoms with Crippen LogP contribution in [0.1, 0.15) is 18.3 Å². The summed E-state index contributed by atoms with van der Waals surface area (Å²) in [5, 5.41) is 11.3. The number of guanidine groups is 1. The topological polar surface area (TPSA) is 87.9 Å². The van der Waals surface area contributed by atoms with Crippen LogP contribution in [0, 0.1) is 0 Å². The Balaban J connectivity index is 2.03. The van der Waals surface area contributed by atoms with E-state index in [1.807, 2.05) is 23.4 Å². The zero-order valence-electron chi connectivity index (χ0n) is 18.3. The monoisotopic (exact) mass is 437 g/mol. The number of aliphatic imine (C=N–C) groups is 1. The highest BCUT2D eigenvalue weighted by Gasteiger charge is 2.11. The van der Waals surface area contributed by atoms with Crippen molar-refractivity contribution in [3.8, 4) is 5.75 Å². The maximum absolute atomic E-state index is 12.3.